The van der Waals surface area contributed by atoms with Gasteiger partial charge in [-0.1, -0.05) is 31.0 Å². The second-order valence-corrected chi connectivity index (χ2v) is 6.85. The maximum atomic E-state index is 12.6. The van der Waals surface area contributed by atoms with Crippen LogP contribution in [0, 0.1) is 11.3 Å². The van der Waals surface area contributed by atoms with Gasteiger partial charge < -0.3 is 10.1 Å². The highest BCUT2D eigenvalue weighted by Gasteiger charge is 2.24. The van der Waals surface area contributed by atoms with Crippen molar-refractivity contribution in [1.82, 2.24) is 4.90 Å². The van der Waals surface area contributed by atoms with Gasteiger partial charge in [-0.05, 0) is 55.3 Å². The van der Waals surface area contributed by atoms with Crippen molar-refractivity contribution in [3.05, 3.63) is 59.7 Å². The van der Waals surface area contributed by atoms with Gasteiger partial charge in [0.1, 0.15) is 5.75 Å². The number of carbonyl (C=O) groups is 1. The summed E-state index contributed by atoms with van der Waals surface area (Å²) in [6, 6.07) is 17.5. The Balaban J connectivity index is 1.70. The number of nitrogens with zero attached hydrogens (tertiary/aromatic N) is 2. The normalized spacial score (nSPS) is 17.6. The van der Waals surface area contributed by atoms with Gasteiger partial charge in [0.15, 0.2) is 0 Å². The first-order valence-electron chi connectivity index (χ1n) is 9.37. The number of hydrogen-bond acceptors (Lipinski definition) is 4. The highest BCUT2D eigenvalue weighted by atomic mass is 16.5. The summed E-state index contributed by atoms with van der Waals surface area (Å²) >= 11 is 0. The fourth-order valence-electron chi connectivity index (χ4n) is 3.61. The molecule has 1 saturated heterocycles. The van der Waals surface area contributed by atoms with E-state index in [1.54, 1.807) is 25.3 Å². The molecule has 2 aromatic rings. The summed E-state index contributed by atoms with van der Waals surface area (Å²) in [6.07, 6.45) is 4.50. The first kappa shape index (κ1) is 18.9. The van der Waals surface area contributed by atoms with Gasteiger partial charge in [0.25, 0.3) is 0 Å². The lowest BCUT2D eigenvalue weighted by Crippen LogP contribution is -2.36. The molecule has 5 nitrogen and oxygen atoms in total. The number of methoxy groups -OCH3 is 1. The molecule has 5 heteroatoms. The highest BCUT2D eigenvalue weighted by molar-refractivity contribution is 5.92. The van der Waals surface area contributed by atoms with E-state index >= 15 is 0 Å². The van der Waals surface area contributed by atoms with Crippen molar-refractivity contribution < 1.29 is 9.53 Å². The minimum atomic E-state index is -0.0505. The number of carbonyl (C=O) groups excluding carboxylic acids is 1. The van der Waals surface area contributed by atoms with Crippen molar-refractivity contribution in [3.8, 4) is 11.8 Å². The quantitative estimate of drug-likeness (QED) is 0.868. The van der Waals surface area contributed by atoms with Crippen LogP contribution in [0.2, 0.25) is 0 Å². The molecule has 1 amide bonds. The maximum Gasteiger partial charge on any atom is 0.238 e. The molecule has 1 heterocycles. The van der Waals surface area contributed by atoms with Crippen LogP contribution in [0.25, 0.3) is 0 Å². The third-order valence-electron chi connectivity index (χ3n) is 4.99. The summed E-state index contributed by atoms with van der Waals surface area (Å²) in [4.78, 5) is 14.9. The number of nitrogens with one attached hydrogen (secondary N) is 1. The Labute approximate surface area is 160 Å². The van der Waals surface area contributed by atoms with Crippen molar-refractivity contribution in [2.75, 3.05) is 25.5 Å². The fraction of sp³-hybridized carbons (Fsp3) is 0.364. The van der Waals surface area contributed by atoms with E-state index in [9.17, 15) is 4.79 Å². The van der Waals surface area contributed by atoms with Crippen molar-refractivity contribution >= 4 is 11.6 Å². The number of benzene rings is 2. The first-order valence-corrected chi connectivity index (χ1v) is 9.37. The largest absolute Gasteiger partial charge is 0.497 e. The standard InChI is InChI=1S/C22H25N3O2/c1-27-20-11-9-18(10-12-20)21-8-3-2-4-13-25(21)16-22(26)24-19-7-5-6-17(14-19)15-23/h5-7,9-12,14,21H,2-4,8,13,16H2,1H3,(H,24,26). The molecule has 0 saturated carbocycles. The fourth-order valence-corrected chi connectivity index (χ4v) is 3.61. The van der Waals surface area contributed by atoms with Crippen LogP contribution in [0.4, 0.5) is 5.69 Å². The SMILES string of the molecule is COc1ccc(C2CCCCCN2CC(=O)Nc2cccc(C#N)c2)cc1. The van der Waals surface area contributed by atoms with Crippen LogP contribution in [-0.2, 0) is 4.79 Å². The van der Waals surface area contributed by atoms with E-state index in [2.05, 4.69) is 28.4 Å². The van der Waals surface area contributed by atoms with Gasteiger partial charge in [0.05, 0.1) is 25.3 Å². The zero-order valence-corrected chi connectivity index (χ0v) is 15.6. The first-order chi connectivity index (χ1) is 13.2. The predicted molar refractivity (Wildman–Crippen MR) is 106 cm³/mol. The molecule has 3 rings (SSSR count). The van der Waals surface area contributed by atoms with Crippen LogP contribution in [0.15, 0.2) is 48.5 Å². The second kappa shape index (κ2) is 9.20. The molecule has 140 valence electrons. The zero-order chi connectivity index (χ0) is 19.1. The zero-order valence-electron chi connectivity index (χ0n) is 15.6. The summed E-state index contributed by atoms with van der Waals surface area (Å²) in [6.45, 7) is 1.25. The average Bonchev–Trinajstić information content (AvgIpc) is 2.93. The number of ether oxygens (including phenoxy) is 1. The van der Waals surface area contributed by atoms with Gasteiger partial charge in [-0.3, -0.25) is 9.69 Å². The third kappa shape index (κ3) is 5.08. The Kier molecular flexibility index (Phi) is 6.45. The molecule has 27 heavy (non-hydrogen) atoms. The van der Waals surface area contributed by atoms with E-state index in [0.29, 0.717) is 17.8 Å². The number of anilines is 1. The topological polar surface area (TPSA) is 65.4 Å². The van der Waals surface area contributed by atoms with Gasteiger partial charge in [-0.25, -0.2) is 0 Å². The van der Waals surface area contributed by atoms with Crippen molar-refractivity contribution in [2.45, 2.75) is 31.7 Å². The second-order valence-electron chi connectivity index (χ2n) is 6.85. The molecule has 1 fully saturated rings. The van der Waals surface area contributed by atoms with Crippen molar-refractivity contribution in [1.29, 1.82) is 5.26 Å². The molecular formula is C22H25N3O2. The highest BCUT2D eigenvalue weighted by Crippen LogP contribution is 2.31. The molecule has 1 unspecified atom stereocenters. The minimum absolute atomic E-state index is 0.0505. The van der Waals surface area contributed by atoms with Crippen molar-refractivity contribution in [3.63, 3.8) is 0 Å². The number of hydrogen-bond donors (Lipinski definition) is 1. The lowest BCUT2D eigenvalue weighted by molar-refractivity contribution is -0.117. The molecule has 0 spiro atoms. The molecule has 1 atom stereocenters. The van der Waals surface area contributed by atoms with Gasteiger partial charge in [-0.2, -0.15) is 5.26 Å². The Bertz CT molecular complexity index is 811. The lowest BCUT2D eigenvalue weighted by Gasteiger charge is -2.29. The molecule has 1 aliphatic heterocycles. The molecule has 0 bridgehead atoms. The van der Waals surface area contributed by atoms with E-state index < -0.39 is 0 Å². The van der Waals surface area contributed by atoms with E-state index in [4.69, 9.17) is 10.00 Å². The van der Waals surface area contributed by atoms with Gasteiger partial charge in [0.2, 0.25) is 5.91 Å². The van der Waals surface area contributed by atoms with Crippen LogP contribution < -0.4 is 10.1 Å². The Morgan fingerprint density at radius 1 is 1.22 bits per heavy atom. The Morgan fingerprint density at radius 3 is 2.78 bits per heavy atom. The van der Waals surface area contributed by atoms with Gasteiger partial charge in [0, 0.05) is 11.7 Å². The molecule has 2 aromatic carbocycles. The number of nitriles is 1. The summed E-state index contributed by atoms with van der Waals surface area (Å²) < 4.78 is 5.26. The molecule has 0 aliphatic carbocycles. The van der Waals surface area contributed by atoms with E-state index in [1.165, 1.54) is 18.4 Å². The van der Waals surface area contributed by atoms with E-state index in [0.717, 1.165) is 25.1 Å². The van der Waals surface area contributed by atoms with Crippen LogP contribution in [0.5, 0.6) is 5.75 Å². The van der Waals surface area contributed by atoms with Crippen LogP contribution in [-0.4, -0.2) is 31.0 Å². The Morgan fingerprint density at radius 2 is 2.04 bits per heavy atom. The van der Waals surface area contributed by atoms with Gasteiger partial charge >= 0.3 is 0 Å². The molecule has 1 N–H and O–H groups in total. The van der Waals surface area contributed by atoms with Crippen LogP contribution >= 0.6 is 0 Å². The average molecular weight is 363 g/mol. The molecular weight excluding hydrogens is 338 g/mol. The van der Waals surface area contributed by atoms with E-state index in [-0.39, 0.29) is 11.9 Å². The molecule has 1 aliphatic rings. The monoisotopic (exact) mass is 363 g/mol. The number of rotatable bonds is 5. The minimum Gasteiger partial charge on any atom is -0.497 e. The van der Waals surface area contributed by atoms with Crippen LogP contribution in [0.1, 0.15) is 42.9 Å². The lowest BCUT2D eigenvalue weighted by atomic mass is 10.0. The van der Waals surface area contributed by atoms with Gasteiger partial charge in [-0.15, -0.1) is 0 Å². The summed E-state index contributed by atoms with van der Waals surface area (Å²) in [5.41, 5.74) is 2.42. The van der Waals surface area contributed by atoms with Crippen LogP contribution in [0.3, 0.4) is 0 Å². The molecule has 0 radical (unpaired) electrons. The smallest absolute Gasteiger partial charge is 0.238 e. The maximum absolute atomic E-state index is 12.6. The van der Waals surface area contributed by atoms with Crippen molar-refractivity contribution in [2.24, 2.45) is 0 Å². The predicted octanol–water partition coefficient (Wildman–Crippen LogP) is 4.12. The number of likely N-dealkylation sites (tertiary alicyclic amines) is 1. The summed E-state index contributed by atoms with van der Waals surface area (Å²) in [5, 5.41) is 11.9. The molecule has 0 aromatic heterocycles. The number of amides is 1. The third-order valence-corrected chi connectivity index (χ3v) is 4.99. The van der Waals surface area contributed by atoms with E-state index in [1.807, 2.05) is 18.2 Å². The summed E-state index contributed by atoms with van der Waals surface area (Å²) in [5.74, 6) is 0.791. The Hall–Kier alpha value is -2.84. The summed E-state index contributed by atoms with van der Waals surface area (Å²) in [7, 11) is 1.67.